The summed E-state index contributed by atoms with van der Waals surface area (Å²) in [5, 5.41) is 0. The minimum absolute atomic E-state index is 0.174. The predicted molar refractivity (Wildman–Crippen MR) is 47.2 cm³/mol. The average Bonchev–Trinajstić information content (AvgIpc) is 2.13. The third kappa shape index (κ3) is 5.58. The van der Waals surface area contributed by atoms with E-state index >= 15 is 0 Å². The molecule has 78 valence electrons. The molecule has 0 aromatic carbocycles. The fourth-order valence-electron chi connectivity index (χ4n) is 0.726. The fraction of sp³-hybridized carbons (Fsp3) is 0.889. The van der Waals surface area contributed by atoms with Gasteiger partial charge in [0.1, 0.15) is 12.8 Å². The van der Waals surface area contributed by atoms with Gasteiger partial charge < -0.3 is 9.47 Å². The second-order valence-electron chi connectivity index (χ2n) is 2.73. The zero-order valence-corrected chi connectivity index (χ0v) is 8.38. The van der Waals surface area contributed by atoms with Gasteiger partial charge in [0.25, 0.3) is 0 Å². The lowest BCUT2D eigenvalue weighted by Crippen LogP contribution is -2.25. The second kappa shape index (κ2) is 6.83. The highest BCUT2D eigenvalue weighted by molar-refractivity contribution is 5.74. The van der Waals surface area contributed by atoms with Crippen molar-refractivity contribution in [1.29, 1.82) is 0 Å². The van der Waals surface area contributed by atoms with E-state index in [4.69, 9.17) is 4.74 Å². The Hall–Kier alpha value is -0.640. The Morgan fingerprint density at radius 2 is 2.08 bits per heavy atom. The molecule has 0 aromatic rings. The van der Waals surface area contributed by atoms with E-state index < -0.39 is 18.2 Å². The monoisotopic (exact) mass is 192 g/mol. The zero-order chi connectivity index (χ0) is 10.3. The van der Waals surface area contributed by atoms with Crippen LogP contribution < -0.4 is 0 Å². The molecular formula is C9H17FO3. The number of rotatable bonds is 6. The first-order chi connectivity index (χ1) is 6.11. The van der Waals surface area contributed by atoms with Crippen molar-refractivity contribution in [2.24, 2.45) is 0 Å². The Morgan fingerprint density at radius 3 is 2.54 bits per heavy atom. The first kappa shape index (κ1) is 12.4. The van der Waals surface area contributed by atoms with Gasteiger partial charge in [-0.2, -0.15) is 0 Å². The van der Waals surface area contributed by atoms with E-state index in [-0.39, 0.29) is 6.61 Å². The second-order valence-corrected chi connectivity index (χ2v) is 2.73. The molecule has 0 saturated heterocycles. The van der Waals surface area contributed by atoms with Crippen molar-refractivity contribution in [1.82, 2.24) is 0 Å². The summed E-state index contributed by atoms with van der Waals surface area (Å²) in [7, 11) is 0. The molecule has 0 N–H and O–H groups in total. The van der Waals surface area contributed by atoms with Crippen LogP contribution >= 0.6 is 0 Å². The van der Waals surface area contributed by atoms with Crippen molar-refractivity contribution < 1.29 is 18.7 Å². The molecule has 0 fully saturated rings. The standard InChI is InChI=1S/C9H17FO3/c1-4-8(10)6-13-9(11)7(3)12-5-2/h7-8H,4-6H2,1-3H3. The highest BCUT2D eigenvalue weighted by atomic mass is 19.1. The van der Waals surface area contributed by atoms with Crippen molar-refractivity contribution in [3.05, 3.63) is 0 Å². The molecule has 3 nitrogen and oxygen atoms in total. The van der Waals surface area contributed by atoms with Gasteiger partial charge in [0.05, 0.1) is 0 Å². The lowest BCUT2D eigenvalue weighted by atomic mass is 10.3. The van der Waals surface area contributed by atoms with Gasteiger partial charge in [0.15, 0.2) is 6.10 Å². The number of carbonyl (C=O) groups excluding carboxylic acids is 1. The minimum atomic E-state index is -1.07. The zero-order valence-electron chi connectivity index (χ0n) is 8.38. The Bertz CT molecular complexity index is 150. The first-order valence-electron chi connectivity index (χ1n) is 4.54. The number of esters is 1. The predicted octanol–water partition coefficient (Wildman–Crippen LogP) is 1.70. The van der Waals surface area contributed by atoms with Gasteiger partial charge in [-0.1, -0.05) is 6.92 Å². The van der Waals surface area contributed by atoms with Crippen LogP contribution in [0.4, 0.5) is 4.39 Å². The smallest absolute Gasteiger partial charge is 0.335 e. The Labute approximate surface area is 78.2 Å². The van der Waals surface area contributed by atoms with Gasteiger partial charge in [0, 0.05) is 6.61 Å². The molecule has 0 aliphatic heterocycles. The van der Waals surface area contributed by atoms with E-state index in [0.717, 1.165) is 0 Å². The summed E-state index contributed by atoms with van der Waals surface area (Å²) in [6, 6.07) is 0. The van der Waals surface area contributed by atoms with Gasteiger partial charge in [0.2, 0.25) is 0 Å². The van der Waals surface area contributed by atoms with Crippen LogP contribution in [-0.2, 0) is 14.3 Å². The number of ether oxygens (including phenoxy) is 2. The van der Waals surface area contributed by atoms with Gasteiger partial charge in [-0.25, -0.2) is 9.18 Å². The first-order valence-corrected chi connectivity index (χ1v) is 4.54. The Kier molecular flexibility index (Phi) is 6.49. The maximum Gasteiger partial charge on any atom is 0.335 e. The molecule has 2 unspecified atom stereocenters. The van der Waals surface area contributed by atoms with Crippen molar-refractivity contribution in [2.45, 2.75) is 39.5 Å². The summed E-state index contributed by atoms with van der Waals surface area (Å²) in [6.07, 6.45) is -1.32. The third-order valence-corrected chi connectivity index (χ3v) is 1.60. The molecule has 0 radical (unpaired) electrons. The molecule has 2 atom stereocenters. The minimum Gasteiger partial charge on any atom is -0.461 e. The van der Waals surface area contributed by atoms with E-state index in [0.29, 0.717) is 13.0 Å². The van der Waals surface area contributed by atoms with Gasteiger partial charge in [-0.3, -0.25) is 0 Å². The molecule has 0 spiro atoms. The topological polar surface area (TPSA) is 35.5 Å². The van der Waals surface area contributed by atoms with E-state index in [1.807, 2.05) is 0 Å². The van der Waals surface area contributed by atoms with Gasteiger partial charge in [-0.05, 0) is 20.3 Å². The largest absolute Gasteiger partial charge is 0.461 e. The Morgan fingerprint density at radius 1 is 1.46 bits per heavy atom. The van der Waals surface area contributed by atoms with Crippen LogP contribution in [0, 0.1) is 0 Å². The lowest BCUT2D eigenvalue weighted by molar-refractivity contribution is -0.157. The highest BCUT2D eigenvalue weighted by Crippen LogP contribution is 2.00. The van der Waals surface area contributed by atoms with Gasteiger partial charge >= 0.3 is 5.97 Å². The van der Waals surface area contributed by atoms with Crippen LogP contribution in [-0.4, -0.2) is 31.5 Å². The Balaban J connectivity index is 3.61. The highest BCUT2D eigenvalue weighted by Gasteiger charge is 2.15. The number of halogens is 1. The van der Waals surface area contributed by atoms with Crippen LogP contribution in [0.5, 0.6) is 0 Å². The molecule has 0 aliphatic carbocycles. The van der Waals surface area contributed by atoms with Crippen LogP contribution in [0.15, 0.2) is 0 Å². The summed E-state index contributed by atoms with van der Waals surface area (Å²) in [6.45, 7) is 5.35. The summed E-state index contributed by atoms with van der Waals surface area (Å²) in [5.41, 5.74) is 0. The number of alkyl halides is 1. The van der Waals surface area contributed by atoms with Gasteiger partial charge in [-0.15, -0.1) is 0 Å². The molecule has 4 heteroatoms. The van der Waals surface area contributed by atoms with E-state index in [1.54, 1.807) is 20.8 Å². The van der Waals surface area contributed by atoms with Crippen LogP contribution in [0.3, 0.4) is 0 Å². The van der Waals surface area contributed by atoms with Crippen LogP contribution in [0.1, 0.15) is 27.2 Å². The molecule has 0 bridgehead atoms. The number of carbonyl (C=O) groups is 1. The molecule has 0 rings (SSSR count). The normalized spacial score (nSPS) is 15.1. The van der Waals surface area contributed by atoms with Crippen molar-refractivity contribution >= 4 is 5.97 Å². The summed E-state index contributed by atoms with van der Waals surface area (Å²) < 4.78 is 22.3. The van der Waals surface area contributed by atoms with Crippen molar-refractivity contribution in [3.63, 3.8) is 0 Å². The van der Waals surface area contributed by atoms with Crippen molar-refractivity contribution in [2.75, 3.05) is 13.2 Å². The maximum atomic E-state index is 12.6. The molecule has 0 heterocycles. The van der Waals surface area contributed by atoms with E-state index in [2.05, 4.69) is 4.74 Å². The SMILES string of the molecule is CCOC(C)C(=O)OCC(F)CC. The number of hydrogen-bond acceptors (Lipinski definition) is 3. The molecule has 0 aromatic heterocycles. The fourth-order valence-corrected chi connectivity index (χ4v) is 0.726. The van der Waals surface area contributed by atoms with E-state index in [9.17, 15) is 9.18 Å². The molecule has 13 heavy (non-hydrogen) atoms. The molecule has 0 saturated carbocycles. The molecular weight excluding hydrogens is 175 g/mol. The summed E-state index contributed by atoms with van der Waals surface area (Å²) in [4.78, 5) is 11.0. The van der Waals surface area contributed by atoms with Crippen molar-refractivity contribution in [3.8, 4) is 0 Å². The van der Waals surface area contributed by atoms with E-state index in [1.165, 1.54) is 0 Å². The quantitative estimate of drug-likeness (QED) is 0.601. The number of hydrogen-bond donors (Lipinski definition) is 0. The maximum absolute atomic E-state index is 12.6. The van der Waals surface area contributed by atoms with Crippen LogP contribution in [0.2, 0.25) is 0 Å². The van der Waals surface area contributed by atoms with Crippen LogP contribution in [0.25, 0.3) is 0 Å². The summed E-state index contributed by atoms with van der Waals surface area (Å²) in [5.74, 6) is -0.502. The third-order valence-electron chi connectivity index (χ3n) is 1.60. The average molecular weight is 192 g/mol. The lowest BCUT2D eigenvalue weighted by Gasteiger charge is -2.12. The summed E-state index contributed by atoms with van der Waals surface area (Å²) >= 11 is 0. The molecule has 0 amide bonds. The molecule has 0 aliphatic rings.